The van der Waals surface area contributed by atoms with Gasteiger partial charge < -0.3 is 0 Å². The van der Waals surface area contributed by atoms with Crippen LogP contribution >= 0.6 is 0 Å². The van der Waals surface area contributed by atoms with Crippen LogP contribution in [0.5, 0.6) is 0 Å². The second-order valence-electron chi connectivity index (χ2n) is 1.65. The first-order valence-electron chi connectivity index (χ1n) is 2.73. The molecular weight excluding hydrogens is 203 g/mol. The van der Waals surface area contributed by atoms with Crippen molar-refractivity contribution in [3.63, 3.8) is 0 Å². The maximum atomic E-state index is 2.75. The molecule has 0 aromatic heterocycles. The summed E-state index contributed by atoms with van der Waals surface area (Å²) in [7, 11) is 0. The van der Waals surface area contributed by atoms with E-state index >= 15 is 0 Å². The van der Waals surface area contributed by atoms with E-state index in [1.165, 1.54) is 5.56 Å². The van der Waals surface area contributed by atoms with Crippen molar-refractivity contribution in [2.75, 3.05) is 0 Å². The molecule has 1 rings (SSSR count). The third kappa shape index (κ3) is 4.39. The summed E-state index contributed by atoms with van der Waals surface area (Å²) < 4.78 is 0. The second-order valence-corrected chi connectivity index (χ2v) is 1.65. The van der Waals surface area contributed by atoms with E-state index in [0.717, 1.165) is 0 Å². The summed E-state index contributed by atoms with van der Waals surface area (Å²) in [5, 5.41) is 1.85. The first-order chi connectivity index (χ1) is 4.39. The molecule has 0 atom stereocenters. The quantitative estimate of drug-likeness (QED) is 0.581. The van der Waals surface area contributed by atoms with Crippen LogP contribution in [0.1, 0.15) is 5.56 Å². The Morgan fingerprint density at radius 2 is 1.44 bits per heavy atom. The summed E-state index contributed by atoms with van der Waals surface area (Å²) >= 11 is 2.75. The van der Waals surface area contributed by atoms with Crippen LogP contribution in [0.15, 0.2) is 30.3 Å². The molecule has 0 aliphatic heterocycles. The molecule has 0 fully saturated rings. The van der Waals surface area contributed by atoms with Crippen molar-refractivity contribution in [1.82, 2.24) is 0 Å². The zero-order chi connectivity index (χ0) is 7.11. The molecule has 0 bridgehead atoms. The van der Waals surface area contributed by atoms with Gasteiger partial charge in [0.2, 0.25) is 0 Å². The van der Waals surface area contributed by atoms with Crippen molar-refractivity contribution in [2.45, 2.75) is 12.3 Å². The van der Waals surface area contributed by atoms with E-state index in [0.29, 0.717) is 0 Å². The predicted octanol–water partition coefficient (Wildman–Crippen LogP) is 2.58. The molecule has 0 saturated heterocycles. The number of benzene rings is 1. The summed E-state index contributed by atoms with van der Waals surface area (Å²) in [6.45, 7) is 2.08. The van der Waals surface area contributed by atoms with Crippen molar-refractivity contribution in [3.05, 3.63) is 35.9 Å². The molecule has 0 heterocycles. The molecule has 0 nitrogen and oxygen atoms in total. The second kappa shape index (κ2) is 6.01. The fraction of sp³-hybridized carbons (Fsp3) is 0.250. The van der Waals surface area contributed by atoms with Crippen LogP contribution in [0.3, 0.4) is 0 Å². The maximum absolute atomic E-state index is 2.75. The molecule has 9 heavy (non-hydrogen) atoms. The van der Waals surface area contributed by atoms with Crippen molar-refractivity contribution < 1.29 is 19.2 Å². The van der Waals surface area contributed by atoms with Crippen LogP contribution in [0.2, 0.25) is 5.40 Å². The van der Waals surface area contributed by atoms with Crippen LogP contribution in [-0.4, -0.2) is 0 Å². The van der Waals surface area contributed by atoms with E-state index in [1.54, 1.807) is 0 Å². The predicted molar refractivity (Wildman–Crippen MR) is 37.0 cm³/mol. The summed E-state index contributed by atoms with van der Waals surface area (Å²) in [5.74, 6) is 0. The van der Waals surface area contributed by atoms with E-state index in [1.807, 2.05) is 23.6 Å². The van der Waals surface area contributed by atoms with Gasteiger partial charge in [0, 0.05) is 0 Å². The van der Waals surface area contributed by atoms with Gasteiger partial charge >= 0.3 is 24.6 Å². The van der Waals surface area contributed by atoms with Crippen molar-refractivity contribution in [3.8, 4) is 0 Å². The Balaban J connectivity index is 0.000000291. The van der Waals surface area contributed by atoms with Gasteiger partial charge in [0.05, 0.1) is 0 Å². The van der Waals surface area contributed by atoms with Crippen LogP contribution in [-0.2, 0) is 19.2 Å². The Bertz CT molecular complexity index is 134. The third-order valence-electron chi connectivity index (χ3n) is 0.940. The van der Waals surface area contributed by atoms with Crippen molar-refractivity contribution in [1.29, 1.82) is 0 Å². The van der Waals surface area contributed by atoms with Gasteiger partial charge in [-0.1, -0.05) is 35.9 Å². The molecule has 1 heteroatoms. The molecule has 1 aromatic rings. The van der Waals surface area contributed by atoms with Gasteiger partial charge in [0.25, 0.3) is 0 Å². The Kier molecular flexibility index (Phi) is 5.93. The van der Waals surface area contributed by atoms with E-state index in [-0.39, 0.29) is 0 Å². The number of aryl methyl sites for hydroxylation is 1. The molecule has 0 amide bonds. The summed E-state index contributed by atoms with van der Waals surface area (Å²) in [4.78, 5) is 0. The fourth-order valence-corrected chi connectivity index (χ4v) is 0.534. The monoisotopic (exact) mass is 213 g/mol. The number of rotatable bonds is 0. The SMILES string of the molecule is Cc1ccccc1.[CH3][Pd]. The molecule has 0 aliphatic rings. The van der Waals surface area contributed by atoms with Crippen LogP contribution in [0.4, 0.5) is 0 Å². The summed E-state index contributed by atoms with van der Waals surface area (Å²) in [6, 6.07) is 10.3. The van der Waals surface area contributed by atoms with Crippen molar-refractivity contribution in [2.24, 2.45) is 0 Å². The van der Waals surface area contributed by atoms with Crippen LogP contribution in [0.25, 0.3) is 0 Å². The normalized spacial score (nSPS) is 7.56. The van der Waals surface area contributed by atoms with Gasteiger partial charge in [-0.15, -0.1) is 0 Å². The van der Waals surface area contributed by atoms with Gasteiger partial charge in [0.15, 0.2) is 0 Å². The standard InChI is InChI=1S/C7H8.CH3.Pd/c1-7-5-3-2-4-6-7;;/h2-6H,1H3;1H3;. The Labute approximate surface area is 67.7 Å². The molecule has 0 aliphatic carbocycles. The van der Waals surface area contributed by atoms with E-state index in [9.17, 15) is 0 Å². The van der Waals surface area contributed by atoms with Gasteiger partial charge in [-0.2, -0.15) is 0 Å². The Hall–Kier alpha value is -0.118. The molecule has 0 spiro atoms. The zero-order valence-electron chi connectivity index (χ0n) is 5.70. The van der Waals surface area contributed by atoms with Gasteiger partial charge in [-0.3, -0.25) is 0 Å². The molecule has 53 valence electrons. The third-order valence-corrected chi connectivity index (χ3v) is 0.940. The minimum absolute atomic E-state index is 1.32. The number of hydrogen-bond acceptors (Lipinski definition) is 0. The molecule has 1 aromatic carbocycles. The Morgan fingerprint density at radius 3 is 1.67 bits per heavy atom. The van der Waals surface area contributed by atoms with Crippen molar-refractivity contribution >= 4 is 0 Å². The van der Waals surface area contributed by atoms with Gasteiger partial charge in [-0.05, 0) is 6.92 Å². The number of hydrogen-bond donors (Lipinski definition) is 0. The van der Waals surface area contributed by atoms with Crippen LogP contribution < -0.4 is 0 Å². The molecule has 0 N–H and O–H groups in total. The molecule has 0 saturated carbocycles. The topological polar surface area (TPSA) is 0 Å². The Morgan fingerprint density at radius 1 is 1.00 bits per heavy atom. The van der Waals surface area contributed by atoms with E-state index in [2.05, 4.69) is 38.3 Å². The first kappa shape index (κ1) is 8.88. The zero-order valence-corrected chi connectivity index (χ0v) is 7.26. The average molecular weight is 214 g/mol. The first-order valence-corrected chi connectivity index (χ1v) is 4.28. The van der Waals surface area contributed by atoms with E-state index in [4.69, 9.17) is 0 Å². The van der Waals surface area contributed by atoms with Crippen LogP contribution in [0, 0.1) is 6.92 Å². The fourth-order valence-electron chi connectivity index (χ4n) is 0.534. The minimum atomic E-state index is 1.32. The molecule has 0 unspecified atom stereocenters. The average Bonchev–Trinajstić information content (AvgIpc) is 1.94. The molecule has 0 radical (unpaired) electrons. The summed E-state index contributed by atoms with van der Waals surface area (Å²) in [5.41, 5.74) is 1.32. The molecular formula is C8H11Pd. The van der Waals surface area contributed by atoms with Gasteiger partial charge in [0.1, 0.15) is 0 Å². The van der Waals surface area contributed by atoms with Gasteiger partial charge in [-0.25, -0.2) is 0 Å². The summed E-state index contributed by atoms with van der Waals surface area (Å²) in [6.07, 6.45) is 0. The van der Waals surface area contributed by atoms with E-state index < -0.39 is 0 Å².